The molecule has 9 nitrogen and oxygen atoms in total. The molecule has 0 aliphatic rings. The number of ether oxygens (including phenoxy) is 2. The zero-order valence-corrected chi connectivity index (χ0v) is 25.6. The SMILES string of the molecule is CCCNC(=O)[C@H](C)N(Cc1cccc(Cl)c1)C(=O)CN(c1ccc(Cl)cc1)S(=O)(=O)c1ccc(OC)c(OC)c1. The average Bonchev–Trinajstić information content (AvgIpc) is 2.97. The topological polar surface area (TPSA) is 105 Å². The first-order valence-corrected chi connectivity index (χ1v) is 15.0. The predicted octanol–water partition coefficient (Wildman–Crippen LogP) is 5.15. The van der Waals surface area contributed by atoms with E-state index in [1.165, 1.54) is 61.6 Å². The molecular formula is C29H33Cl2N3O6S. The van der Waals surface area contributed by atoms with Crippen molar-refractivity contribution in [2.45, 2.75) is 37.8 Å². The second-order valence-electron chi connectivity index (χ2n) is 9.12. The van der Waals surface area contributed by atoms with Crippen molar-refractivity contribution in [3.63, 3.8) is 0 Å². The number of carbonyl (C=O) groups excluding carboxylic acids is 2. The molecule has 0 aliphatic heterocycles. The third-order valence-electron chi connectivity index (χ3n) is 6.29. The summed E-state index contributed by atoms with van der Waals surface area (Å²) in [6, 6.07) is 16.3. The van der Waals surface area contributed by atoms with Crippen LogP contribution in [0.25, 0.3) is 0 Å². The maximum Gasteiger partial charge on any atom is 0.264 e. The number of benzene rings is 3. The van der Waals surface area contributed by atoms with E-state index in [1.807, 2.05) is 6.92 Å². The standard InChI is InChI=1S/C29H33Cl2N3O6S/c1-5-15-32-29(36)20(2)33(18-21-7-6-8-23(31)16-21)28(35)19-34(24-11-9-22(30)10-12-24)41(37,38)25-13-14-26(39-3)27(17-25)40-4/h6-14,16-17,20H,5,15,18-19H2,1-4H3,(H,32,36)/t20-/m0/s1. The van der Waals surface area contributed by atoms with Crippen molar-refractivity contribution in [3.05, 3.63) is 82.3 Å². The number of sulfonamides is 1. The highest BCUT2D eigenvalue weighted by Crippen LogP contribution is 2.32. The minimum Gasteiger partial charge on any atom is -0.493 e. The molecule has 220 valence electrons. The fourth-order valence-electron chi connectivity index (χ4n) is 4.05. The lowest BCUT2D eigenvalue weighted by atomic mass is 10.1. The van der Waals surface area contributed by atoms with Crippen LogP contribution in [0.5, 0.6) is 11.5 Å². The second kappa shape index (κ2) is 14.4. The van der Waals surface area contributed by atoms with Gasteiger partial charge in [-0.2, -0.15) is 0 Å². The van der Waals surface area contributed by atoms with Crippen LogP contribution >= 0.6 is 23.2 Å². The number of amides is 2. The third-order valence-corrected chi connectivity index (χ3v) is 8.55. The second-order valence-corrected chi connectivity index (χ2v) is 11.9. The molecule has 3 rings (SSSR count). The maximum absolute atomic E-state index is 14.0. The summed E-state index contributed by atoms with van der Waals surface area (Å²) in [5.41, 5.74) is 0.894. The number of halogens is 2. The summed E-state index contributed by atoms with van der Waals surface area (Å²) in [5, 5.41) is 3.67. The van der Waals surface area contributed by atoms with Gasteiger partial charge in [0.2, 0.25) is 11.8 Å². The number of anilines is 1. The van der Waals surface area contributed by atoms with E-state index in [0.717, 1.165) is 4.31 Å². The van der Waals surface area contributed by atoms with Gasteiger partial charge < -0.3 is 19.7 Å². The summed E-state index contributed by atoms with van der Waals surface area (Å²) in [5.74, 6) is -0.397. The Bertz CT molecular complexity index is 1470. The van der Waals surface area contributed by atoms with E-state index in [9.17, 15) is 18.0 Å². The minimum atomic E-state index is -4.31. The quantitative estimate of drug-likeness (QED) is 0.283. The van der Waals surface area contributed by atoms with Crippen LogP contribution < -0.4 is 19.1 Å². The van der Waals surface area contributed by atoms with E-state index >= 15 is 0 Å². The Morgan fingerprint density at radius 1 is 0.927 bits per heavy atom. The van der Waals surface area contributed by atoms with Crippen molar-refractivity contribution in [3.8, 4) is 11.5 Å². The fraction of sp³-hybridized carbons (Fsp3) is 0.310. The van der Waals surface area contributed by atoms with Crippen molar-refractivity contribution in [1.82, 2.24) is 10.2 Å². The van der Waals surface area contributed by atoms with Crippen LogP contribution in [0.1, 0.15) is 25.8 Å². The monoisotopic (exact) mass is 621 g/mol. The summed E-state index contributed by atoms with van der Waals surface area (Å²) in [4.78, 5) is 28.1. The first-order valence-electron chi connectivity index (χ1n) is 12.8. The molecule has 0 aliphatic carbocycles. The van der Waals surface area contributed by atoms with Gasteiger partial charge in [-0.05, 0) is 67.4 Å². The summed E-state index contributed by atoms with van der Waals surface area (Å²) in [6.45, 7) is 3.40. The van der Waals surface area contributed by atoms with Gasteiger partial charge >= 0.3 is 0 Å². The molecule has 0 saturated carbocycles. The molecule has 1 N–H and O–H groups in total. The highest BCUT2D eigenvalue weighted by atomic mass is 35.5. The number of nitrogens with zero attached hydrogens (tertiary/aromatic N) is 2. The van der Waals surface area contributed by atoms with E-state index in [1.54, 1.807) is 31.2 Å². The number of rotatable bonds is 13. The van der Waals surface area contributed by atoms with Gasteiger partial charge in [0, 0.05) is 29.2 Å². The van der Waals surface area contributed by atoms with Gasteiger partial charge in [-0.3, -0.25) is 13.9 Å². The normalized spacial score (nSPS) is 11.9. The van der Waals surface area contributed by atoms with Crippen LogP contribution in [0.4, 0.5) is 5.69 Å². The van der Waals surface area contributed by atoms with E-state index < -0.39 is 28.5 Å². The van der Waals surface area contributed by atoms with E-state index in [-0.39, 0.29) is 28.8 Å². The number of methoxy groups -OCH3 is 2. The van der Waals surface area contributed by atoms with Gasteiger partial charge in [0.05, 0.1) is 24.8 Å². The van der Waals surface area contributed by atoms with Crippen molar-refractivity contribution in [2.75, 3.05) is 31.6 Å². The lowest BCUT2D eigenvalue weighted by molar-refractivity contribution is -0.139. The Labute approximate surface area is 251 Å². The van der Waals surface area contributed by atoms with E-state index in [2.05, 4.69) is 5.32 Å². The Kier molecular flexibility index (Phi) is 11.3. The lowest BCUT2D eigenvalue weighted by Crippen LogP contribution is -2.51. The molecule has 0 spiro atoms. The largest absolute Gasteiger partial charge is 0.493 e. The molecule has 3 aromatic rings. The first kappa shape index (κ1) is 32.0. The highest BCUT2D eigenvalue weighted by Gasteiger charge is 2.33. The molecule has 0 fully saturated rings. The molecule has 0 unspecified atom stereocenters. The fourth-order valence-corrected chi connectivity index (χ4v) is 5.82. The zero-order chi connectivity index (χ0) is 30.2. The molecule has 0 bridgehead atoms. The third kappa shape index (κ3) is 8.06. The van der Waals surface area contributed by atoms with Crippen molar-refractivity contribution in [1.29, 1.82) is 0 Å². The number of hydrogen-bond acceptors (Lipinski definition) is 6. The Morgan fingerprint density at radius 3 is 2.22 bits per heavy atom. The lowest BCUT2D eigenvalue weighted by Gasteiger charge is -2.32. The molecule has 2 amide bonds. The molecule has 0 aromatic heterocycles. The maximum atomic E-state index is 14.0. The molecule has 1 atom stereocenters. The van der Waals surface area contributed by atoms with Crippen LogP contribution in [0.15, 0.2) is 71.6 Å². The van der Waals surface area contributed by atoms with E-state index in [0.29, 0.717) is 34.3 Å². The van der Waals surface area contributed by atoms with Crippen LogP contribution in [-0.4, -0.2) is 58.5 Å². The zero-order valence-electron chi connectivity index (χ0n) is 23.3. The van der Waals surface area contributed by atoms with Crippen LogP contribution in [0.3, 0.4) is 0 Å². The average molecular weight is 623 g/mol. The van der Waals surface area contributed by atoms with Gasteiger partial charge in [-0.1, -0.05) is 42.3 Å². The Morgan fingerprint density at radius 2 is 1.61 bits per heavy atom. The van der Waals surface area contributed by atoms with Crippen molar-refractivity contribution in [2.24, 2.45) is 0 Å². The summed E-state index contributed by atoms with van der Waals surface area (Å²) >= 11 is 12.2. The number of nitrogens with one attached hydrogen (secondary N) is 1. The van der Waals surface area contributed by atoms with Gasteiger partial charge in [0.25, 0.3) is 10.0 Å². The summed E-state index contributed by atoms with van der Waals surface area (Å²) in [7, 11) is -1.47. The van der Waals surface area contributed by atoms with Gasteiger partial charge in [0.1, 0.15) is 12.6 Å². The van der Waals surface area contributed by atoms with Gasteiger partial charge in [-0.25, -0.2) is 8.42 Å². The molecule has 0 heterocycles. The molecule has 12 heteroatoms. The summed E-state index contributed by atoms with van der Waals surface area (Å²) < 4.78 is 39.6. The van der Waals surface area contributed by atoms with Crippen LogP contribution in [-0.2, 0) is 26.2 Å². The highest BCUT2D eigenvalue weighted by molar-refractivity contribution is 7.92. The van der Waals surface area contributed by atoms with Crippen LogP contribution in [0, 0.1) is 0 Å². The minimum absolute atomic E-state index is 0.0327. The van der Waals surface area contributed by atoms with E-state index in [4.69, 9.17) is 32.7 Å². The van der Waals surface area contributed by atoms with Gasteiger partial charge in [0.15, 0.2) is 11.5 Å². The van der Waals surface area contributed by atoms with Crippen LogP contribution in [0.2, 0.25) is 10.0 Å². The number of hydrogen-bond donors (Lipinski definition) is 1. The Hall–Kier alpha value is -3.47. The molecule has 41 heavy (non-hydrogen) atoms. The molecule has 0 saturated heterocycles. The number of carbonyl (C=O) groups is 2. The van der Waals surface area contributed by atoms with Crippen molar-refractivity contribution < 1.29 is 27.5 Å². The molecule has 3 aromatic carbocycles. The summed E-state index contributed by atoms with van der Waals surface area (Å²) in [6.07, 6.45) is 0.717. The Balaban J connectivity index is 2.06. The van der Waals surface area contributed by atoms with Crippen molar-refractivity contribution >= 4 is 50.7 Å². The smallest absolute Gasteiger partial charge is 0.264 e. The predicted molar refractivity (Wildman–Crippen MR) is 160 cm³/mol. The molecule has 0 radical (unpaired) electrons. The molecular weight excluding hydrogens is 589 g/mol. The first-order chi connectivity index (χ1) is 19.5. The van der Waals surface area contributed by atoms with Gasteiger partial charge in [-0.15, -0.1) is 0 Å².